The first-order valence-corrected chi connectivity index (χ1v) is 10.5. The molecule has 0 radical (unpaired) electrons. The van der Waals surface area contributed by atoms with Gasteiger partial charge < -0.3 is 20.7 Å². The van der Waals surface area contributed by atoms with E-state index in [-0.39, 0.29) is 35.1 Å². The molecule has 1 aliphatic rings. The number of H-pyrrole nitrogens is 1. The maximum atomic E-state index is 13.0. The van der Waals surface area contributed by atoms with Crippen LogP contribution in [-0.2, 0) is 15.8 Å². The number of nitrogens with one attached hydrogen (secondary N) is 4. The van der Waals surface area contributed by atoms with Crippen molar-refractivity contribution in [2.24, 2.45) is 0 Å². The molecule has 0 bridgehead atoms. The number of rotatable bonds is 5. The molecule has 4 rings (SSSR count). The number of fused-ring (bicyclic) bond motifs is 1. The number of amides is 2. The standard InChI is InChI=1S/C22H17ClF3N5O4/c1-35-15-6-5-11(23)8-14(15)28-19(33)13-9-16(32)29-18-17(13)20(34)31-21(30-18)27-12-4-2-3-10(7-12)22(24,25)26/h2-8,13H,9H2,1H3,(H,28,33)(H3,27,29,30,31,32,34)/t13-/m0/s1. The Balaban J connectivity index is 1.64. The van der Waals surface area contributed by atoms with Crippen LogP contribution in [0, 0.1) is 0 Å². The number of alkyl halides is 3. The number of nitrogens with zero attached hydrogens (tertiary/aromatic N) is 1. The fourth-order valence-corrected chi connectivity index (χ4v) is 3.73. The second-order valence-corrected chi connectivity index (χ2v) is 7.96. The molecule has 1 atom stereocenters. The van der Waals surface area contributed by atoms with Crippen molar-refractivity contribution in [2.45, 2.75) is 18.5 Å². The number of hydrogen-bond acceptors (Lipinski definition) is 6. The summed E-state index contributed by atoms with van der Waals surface area (Å²) in [7, 11) is 1.40. The van der Waals surface area contributed by atoms with Gasteiger partial charge in [-0.3, -0.25) is 19.4 Å². The van der Waals surface area contributed by atoms with Crippen molar-refractivity contribution in [3.8, 4) is 5.75 Å². The quantitative estimate of drug-likeness (QED) is 0.409. The predicted molar refractivity (Wildman–Crippen MR) is 122 cm³/mol. The number of hydrogen-bond donors (Lipinski definition) is 4. The Labute approximate surface area is 200 Å². The molecule has 0 aliphatic carbocycles. The molecule has 35 heavy (non-hydrogen) atoms. The highest BCUT2D eigenvalue weighted by atomic mass is 35.5. The van der Waals surface area contributed by atoms with Crippen molar-refractivity contribution in [1.82, 2.24) is 9.97 Å². The molecule has 2 aromatic carbocycles. The van der Waals surface area contributed by atoms with Crippen molar-refractivity contribution < 1.29 is 27.5 Å². The summed E-state index contributed by atoms with van der Waals surface area (Å²) in [5.74, 6) is -2.52. The number of carbonyl (C=O) groups excluding carboxylic acids is 2. The normalized spacial score (nSPS) is 15.1. The number of aromatic amines is 1. The summed E-state index contributed by atoms with van der Waals surface area (Å²) in [6.07, 6.45) is -4.89. The molecule has 0 saturated heterocycles. The molecule has 0 fully saturated rings. The monoisotopic (exact) mass is 507 g/mol. The molecule has 9 nitrogen and oxygen atoms in total. The van der Waals surface area contributed by atoms with Gasteiger partial charge in [0.1, 0.15) is 11.6 Å². The van der Waals surface area contributed by atoms with E-state index in [1.165, 1.54) is 25.3 Å². The lowest BCUT2D eigenvalue weighted by Gasteiger charge is -2.24. The Morgan fingerprint density at radius 1 is 1.20 bits per heavy atom. The maximum absolute atomic E-state index is 13.0. The Hall–Kier alpha value is -4.06. The fourth-order valence-electron chi connectivity index (χ4n) is 3.56. The third-order valence-electron chi connectivity index (χ3n) is 5.14. The lowest BCUT2D eigenvalue weighted by atomic mass is 9.92. The van der Waals surface area contributed by atoms with E-state index in [1.54, 1.807) is 12.1 Å². The highest BCUT2D eigenvalue weighted by Gasteiger charge is 2.35. The van der Waals surface area contributed by atoms with E-state index >= 15 is 0 Å². The smallest absolute Gasteiger partial charge is 0.416 e. The highest BCUT2D eigenvalue weighted by Crippen LogP contribution is 2.34. The molecule has 0 saturated carbocycles. The van der Waals surface area contributed by atoms with E-state index in [2.05, 4.69) is 25.9 Å². The van der Waals surface area contributed by atoms with E-state index in [0.717, 1.165) is 12.1 Å². The third kappa shape index (κ3) is 5.22. The topological polar surface area (TPSA) is 125 Å². The average Bonchev–Trinajstić information content (AvgIpc) is 2.78. The SMILES string of the molecule is COc1ccc(Cl)cc1NC(=O)[C@H]1CC(=O)Nc2nc(Nc3cccc(C(F)(F)F)c3)[nH]c(=O)c21. The summed E-state index contributed by atoms with van der Waals surface area (Å²) in [5, 5.41) is 7.94. The van der Waals surface area contributed by atoms with Gasteiger partial charge in [0.15, 0.2) is 0 Å². The number of anilines is 4. The lowest BCUT2D eigenvalue weighted by Crippen LogP contribution is -2.36. The molecular formula is C22H17ClF3N5O4. The number of carbonyl (C=O) groups is 2. The number of benzene rings is 2. The number of ether oxygens (including phenoxy) is 1. The van der Waals surface area contributed by atoms with Crippen molar-refractivity contribution in [3.63, 3.8) is 0 Å². The fraction of sp³-hybridized carbons (Fsp3) is 0.182. The molecule has 0 spiro atoms. The summed E-state index contributed by atoms with van der Waals surface area (Å²) in [5.41, 5.74) is -1.50. The van der Waals surface area contributed by atoms with Gasteiger partial charge >= 0.3 is 6.18 Å². The van der Waals surface area contributed by atoms with Crippen LogP contribution in [0.25, 0.3) is 0 Å². The first-order valence-electron chi connectivity index (χ1n) is 10.1. The molecule has 2 amide bonds. The van der Waals surface area contributed by atoms with Gasteiger partial charge in [-0.05, 0) is 36.4 Å². The van der Waals surface area contributed by atoms with Crippen LogP contribution in [0.2, 0.25) is 5.02 Å². The second kappa shape index (κ2) is 9.29. The minimum absolute atomic E-state index is 0.00686. The van der Waals surface area contributed by atoms with Gasteiger partial charge in [0.25, 0.3) is 5.56 Å². The summed E-state index contributed by atoms with van der Waals surface area (Å²) in [6, 6.07) is 8.83. The Morgan fingerprint density at radius 3 is 2.69 bits per heavy atom. The van der Waals surface area contributed by atoms with Gasteiger partial charge in [0.2, 0.25) is 17.8 Å². The number of methoxy groups -OCH3 is 1. The van der Waals surface area contributed by atoms with E-state index in [1.807, 2.05) is 0 Å². The van der Waals surface area contributed by atoms with Gasteiger partial charge in [-0.1, -0.05) is 17.7 Å². The van der Waals surface area contributed by atoms with Crippen LogP contribution in [0.15, 0.2) is 47.3 Å². The van der Waals surface area contributed by atoms with Crippen molar-refractivity contribution in [3.05, 3.63) is 69.0 Å². The van der Waals surface area contributed by atoms with Crippen molar-refractivity contribution >= 4 is 46.6 Å². The zero-order chi connectivity index (χ0) is 25.3. The summed E-state index contributed by atoms with van der Waals surface area (Å²) in [4.78, 5) is 44.6. The van der Waals surface area contributed by atoms with Gasteiger partial charge in [-0.15, -0.1) is 0 Å². The molecule has 1 aliphatic heterocycles. The Morgan fingerprint density at radius 2 is 1.97 bits per heavy atom. The molecule has 182 valence electrons. The molecule has 0 unspecified atom stereocenters. The van der Waals surface area contributed by atoms with Crippen molar-refractivity contribution in [1.29, 1.82) is 0 Å². The zero-order valence-electron chi connectivity index (χ0n) is 17.9. The van der Waals surface area contributed by atoms with E-state index in [4.69, 9.17) is 16.3 Å². The van der Waals surface area contributed by atoms with Crippen LogP contribution in [0.4, 0.5) is 36.3 Å². The third-order valence-corrected chi connectivity index (χ3v) is 5.37. The number of aromatic nitrogens is 2. The zero-order valence-corrected chi connectivity index (χ0v) is 18.7. The van der Waals surface area contributed by atoms with Crippen LogP contribution in [-0.4, -0.2) is 28.9 Å². The first-order chi connectivity index (χ1) is 16.5. The second-order valence-electron chi connectivity index (χ2n) is 7.52. The highest BCUT2D eigenvalue weighted by molar-refractivity contribution is 6.31. The van der Waals surface area contributed by atoms with E-state index < -0.39 is 35.0 Å². The lowest BCUT2D eigenvalue weighted by molar-refractivity contribution is -0.137. The molecule has 13 heteroatoms. The van der Waals surface area contributed by atoms with Gasteiger partial charge in [0, 0.05) is 17.1 Å². The van der Waals surface area contributed by atoms with Crippen LogP contribution in [0.1, 0.15) is 23.5 Å². The molecule has 4 N–H and O–H groups in total. The predicted octanol–water partition coefficient (Wildman–Crippen LogP) is 4.26. The van der Waals surface area contributed by atoms with Gasteiger partial charge in [-0.25, -0.2) is 0 Å². The van der Waals surface area contributed by atoms with E-state index in [0.29, 0.717) is 10.8 Å². The Bertz CT molecular complexity index is 1380. The summed E-state index contributed by atoms with van der Waals surface area (Å²) in [6.45, 7) is 0. The minimum atomic E-state index is -4.56. The Kier molecular flexibility index (Phi) is 6.39. The maximum Gasteiger partial charge on any atom is 0.416 e. The van der Waals surface area contributed by atoms with Crippen molar-refractivity contribution in [2.75, 3.05) is 23.1 Å². The minimum Gasteiger partial charge on any atom is -0.495 e. The molecular weight excluding hydrogens is 491 g/mol. The van der Waals surface area contributed by atoms with Gasteiger partial charge in [0.05, 0.1) is 29.8 Å². The van der Waals surface area contributed by atoms with E-state index in [9.17, 15) is 27.6 Å². The summed E-state index contributed by atoms with van der Waals surface area (Å²) < 4.78 is 44.1. The van der Waals surface area contributed by atoms with Crippen LogP contribution in [0.5, 0.6) is 5.75 Å². The largest absolute Gasteiger partial charge is 0.495 e. The molecule has 1 aromatic heterocycles. The first kappa shape index (κ1) is 24.1. The summed E-state index contributed by atoms with van der Waals surface area (Å²) >= 11 is 5.99. The van der Waals surface area contributed by atoms with Gasteiger partial charge in [-0.2, -0.15) is 18.2 Å². The molecule has 3 aromatic rings. The van der Waals surface area contributed by atoms with Crippen LogP contribution in [0.3, 0.4) is 0 Å². The molecule has 2 heterocycles. The average molecular weight is 508 g/mol. The van der Waals surface area contributed by atoms with Crippen LogP contribution >= 0.6 is 11.6 Å². The number of halogens is 4. The van der Waals surface area contributed by atoms with Crippen LogP contribution < -0.4 is 26.2 Å².